The van der Waals surface area contributed by atoms with Crippen LogP contribution in [-0.2, 0) is 0 Å². The van der Waals surface area contributed by atoms with Gasteiger partial charge < -0.3 is 9.80 Å². The van der Waals surface area contributed by atoms with Crippen LogP contribution in [0.4, 0.5) is 11.4 Å². The Morgan fingerprint density at radius 1 is 0.431 bits per heavy atom. The molecule has 6 aromatic rings. The summed E-state index contributed by atoms with van der Waals surface area (Å²) in [5.41, 5.74) is 8.31. The Morgan fingerprint density at radius 2 is 0.882 bits per heavy atom. The summed E-state index contributed by atoms with van der Waals surface area (Å²) in [6.07, 6.45) is 17.4. The highest BCUT2D eigenvalue weighted by Crippen LogP contribution is 2.37. The van der Waals surface area contributed by atoms with Gasteiger partial charge >= 0.3 is 0 Å². The first-order chi connectivity index (χ1) is 25.3. The average Bonchev–Trinajstić information content (AvgIpc) is 3.91. The molecule has 0 saturated carbocycles. The number of aromatic nitrogens is 2. The largest absolute Gasteiger partial charge is 0.317 e. The van der Waals surface area contributed by atoms with E-state index in [1.807, 2.05) is 0 Å². The van der Waals surface area contributed by atoms with Crippen molar-refractivity contribution in [1.82, 2.24) is 9.55 Å². The highest BCUT2D eigenvalue weighted by atomic mass is 15.3. The number of imidazole rings is 1. The van der Waals surface area contributed by atoms with Gasteiger partial charge in [0.05, 0.1) is 35.2 Å². The van der Waals surface area contributed by atoms with Crippen molar-refractivity contribution >= 4 is 34.1 Å². The zero-order valence-corrected chi connectivity index (χ0v) is 27.8. The van der Waals surface area contributed by atoms with Crippen molar-refractivity contribution < 1.29 is 0 Å². The molecule has 0 spiro atoms. The molecule has 4 atom stereocenters. The summed E-state index contributed by atoms with van der Waals surface area (Å²) in [5.74, 6) is 2.73. The van der Waals surface area contributed by atoms with Crippen molar-refractivity contribution in [3.8, 4) is 17.1 Å². The van der Waals surface area contributed by atoms with Crippen molar-refractivity contribution in [1.29, 1.82) is 0 Å². The first kappa shape index (κ1) is 29.4. The van der Waals surface area contributed by atoms with E-state index in [1.165, 1.54) is 0 Å². The smallest absolute Gasteiger partial charge is 0.145 e. The number of aliphatic imine (C=N–C) groups is 2. The van der Waals surface area contributed by atoms with Crippen molar-refractivity contribution in [3.05, 3.63) is 193 Å². The third-order valence-corrected chi connectivity index (χ3v) is 10.1. The second-order valence-corrected chi connectivity index (χ2v) is 13.2. The van der Waals surface area contributed by atoms with E-state index in [-0.39, 0.29) is 24.2 Å². The number of nitrogens with zero attached hydrogens (tertiary/aromatic N) is 6. The lowest BCUT2D eigenvalue weighted by atomic mass is 9.99. The van der Waals surface area contributed by atoms with Crippen LogP contribution < -0.4 is 9.80 Å². The topological polar surface area (TPSA) is 49.0 Å². The molecule has 0 radical (unpaired) electrons. The zero-order valence-electron chi connectivity index (χ0n) is 27.8. The first-order valence-electron chi connectivity index (χ1n) is 17.5. The van der Waals surface area contributed by atoms with Gasteiger partial charge in [0, 0.05) is 33.8 Å². The summed E-state index contributed by atoms with van der Waals surface area (Å²) >= 11 is 0. The third kappa shape index (κ3) is 4.98. The normalized spacial score (nSPS) is 21.6. The number of allylic oxidation sites excluding steroid dienone is 4. The quantitative estimate of drug-likeness (QED) is 0.180. The minimum absolute atomic E-state index is 0.00832. The van der Waals surface area contributed by atoms with Crippen molar-refractivity contribution in [2.24, 2.45) is 9.98 Å². The van der Waals surface area contributed by atoms with Gasteiger partial charge in [0.15, 0.2) is 0 Å². The van der Waals surface area contributed by atoms with Crippen LogP contribution in [0.1, 0.15) is 11.1 Å². The molecule has 0 bridgehead atoms. The predicted molar refractivity (Wildman–Crippen MR) is 209 cm³/mol. The number of hydrogen-bond acceptors (Lipinski definition) is 5. The van der Waals surface area contributed by atoms with E-state index in [0.29, 0.717) is 0 Å². The lowest BCUT2D eigenvalue weighted by Gasteiger charge is -2.30. The van der Waals surface area contributed by atoms with E-state index < -0.39 is 0 Å². The van der Waals surface area contributed by atoms with E-state index in [2.05, 4.69) is 196 Å². The fourth-order valence-electron chi connectivity index (χ4n) is 7.84. The summed E-state index contributed by atoms with van der Waals surface area (Å²) < 4.78 is 2.27. The van der Waals surface area contributed by atoms with Gasteiger partial charge in [0.2, 0.25) is 0 Å². The van der Waals surface area contributed by atoms with E-state index in [1.54, 1.807) is 0 Å². The Balaban J connectivity index is 1.23. The van der Waals surface area contributed by atoms with Gasteiger partial charge in [-0.3, -0.25) is 14.6 Å². The van der Waals surface area contributed by atoms with Crippen LogP contribution >= 0.6 is 0 Å². The molecule has 244 valence electrons. The maximum absolute atomic E-state index is 5.41. The Bertz CT molecular complexity index is 2340. The summed E-state index contributed by atoms with van der Waals surface area (Å²) in [7, 11) is 0. The van der Waals surface area contributed by atoms with Crippen LogP contribution in [0.2, 0.25) is 0 Å². The number of anilines is 2. The third-order valence-electron chi connectivity index (χ3n) is 10.1. The number of benzene rings is 5. The summed E-state index contributed by atoms with van der Waals surface area (Å²) in [6, 6.07) is 47.1. The fourth-order valence-corrected chi connectivity index (χ4v) is 7.84. The highest BCUT2D eigenvalue weighted by Gasteiger charge is 2.38. The first-order valence-corrected chi connectivity index (χ1v) is 17.5. The van der Waals surface area contributed by atoms with Crippen LogP contribution in [0.15, 0.2) is 192 Å². The fraction of sp³-hybridized carbons (Fsp3) is 0.0889. The van der Waals surface area contributed by atoms with Crippen LogP contribution in [0, 0.1) is 0 Å². The molecule has 0 N–H and O–H groups in total. The van der Waals surface area contributed by atoms with Gasteiger partial charge in [-0.15, -0.1) is 0 Å². The molecule has 6 nitrogen and oxygen atoms in total. The molecular weight excluding hydrogens is 625 g/mol. The minimum Gasteiger partial charge on any atom is -0.317 e. The van der Waals surface area contributed by atoms with Crippen molar-refractivity contribution in [2.75, 3.05) is 9.80 Å². The molecule has 10 rings (SSSR count). The van der Waals surface area contributed by atoms with Gasteiger partial charge in [0.25, 0.3) is 0 Å². The molecule has 6 heteroatoms. The Hall–Kier alpha value is -6.53. The van der Waals surface area contributed by atoms with E-state index >= 15 is 0 Å². The summed E-state index contributed by atoms with van der Waals surface area (Å²) in [4.78, 5) is 20.9. The maximum Gasteiger partial charge on any atom is 0.145 e. The molecule has 0 amide bonds. The highest BCUT2D eigenvalue weighted by molar-refractivity contribution is 6.17. The monoisotopic (exact) mass is 658 g/mol. The predicted octanol–water partition coefficient (Wildman–Crippen LogP) is 8.95. The summed E-state index contributed by atoms with van der Waals surface area (Å²) in [5, 5.41) is 0. The average molecular weight is 659 g/mol. The van der Waals surface area contributed by atoms with Gasteiger partial charge in [-0.2, -0.15) is 0 Å². The van der Waals surface area contributed by atoms with Crippen LogP contribution in [0.3, 0.4) is 0 Å². The van der Waals surface area contributed by atoms with Gasteiger partial charge in [0.1, 0.15) is 17.5 Å². The molecule has 51 heavy (non-hydrogen) atoms. The number of amidine groups is 2. The van der Waals surface area contributed by atoms with E-state index in [4.69, 9.17) is 15.0 Å². The molecule has 4 unspecified atom stereocenters. The van der Waals surface area contributed by atoms with Crippen LogP contribution in [0.25, 0.3) is 28.1 Å². The number of para-hydroxylation sites is 5. The maximum atomic E-state index is 5.41. The number of hydrogen-bond donors (Lipinski definition) is 0. The van der Waals surface area contributed by atoms with Gasteiger partial charge in [-0.1, -0.05) is 115 Å². The SMILES string of the molecule is C1=CC2N=C(c3cc(C4=NC5C=CC=CC5N4c4ccccc4)cc(-c4nc5ccccc5n4-c4ccccc4)c3)N(c3ccccc3)C2C=C1. The molecule has 2 aliphatic carbocycles. The van der Waals surface area contributed by atoms with Crippen molar-refractivity contribution in [2.45, 2.75) is 24.2 Å². The molecule has 1 aromatic heterocycles. The van der Waals surface area contributed by atoms with Crippen molar-refractivity contribution in [3.63, 3.8) is 0 Å². The molecule has 5 aromatic carbocycles. The number of fused-ring (bicyclic) bond motifs is 3. The number of rotatable bonds is 6. The standard InChI is InChI=1S/C45H34N6/c1-4-16-34(17-5-1)49-40-25-13-10-22-37(40)46-43(49)31-28-32(44-47-38-23-11-14-26-41(38)50(44)35-18-6-2-7-19-35)30-33(29-31)45-48-39-24-12-15-27-42(39)51(45)36-20-8-3-9-21-36/h1-30,37-38,40-41H. The second-order valence-electron chi connectivity index (χ2n) is 13.2. The summed E-state index contributed by atoms with van der Waals surface area (Å²) in [6.45, 7) is 0. The zero-order chi connectivity index (χ0) is 33.7. The molecule has 0 fully saturated rings. The molecule has 2 aliphatic heterocycles. The van der Waals surface area contributed by atoms with Crippen LogP contribution in [-0.4, -0.2) is 45.4 Å². The Labute approximate surface area is 297 Å². The van der Waals surface area contributed by atoms with Gasteiger partial charge in [-0.25, -0.2) is 4.98 Å². The molecular formula is C45H34N6. The molecule has 0 saturated heterocycles. The van der Waals surface area contributed by atoms with Gasteiger partial charge in [-0.05, 0) is 66.7 Å². The lowest BCUT2D eigenvalue weighted by Crippen LogP contribution is -2.40. The van der Waals surface area contributed by atoms with E-state index in [0.717, 1.165) is 62.3 Å². The Kier molecular flexibility index (Phi) is 6.98. The minimum atomic E-state index is 0.00832. The lowest BCUT2D eigenvalue weighted by molar-refractivity contribution is 0.739. The molecule has 3 heterocycles. The Morgan fingerprint density at radius 3 is 1.43 bits per heavy atom. The second kappa shape index (κ2) is 12.1. The molecule has 4 aliphatic rings. The van der Waals surface area contributed by atoms with Crippen LogP contribution in [0.5, 0.6) is 0 Å². The van der Waals surface area contributed by atoms with E-state index in [9.17, 15) is 0 Å².